The third-order valence-electron chi connectivity index (χ3n) is 6.20. The summed E-state index contributed by atoms with van der Waals surface area (Å²) >= 11 is 3.07. The molecule has 2 aromatic carbocycles. The Kier molecular flexibility index (Phi) is 6.04. The van der Waals surface area contributed by atoms with Crippen LogP contribution in [0.4, 0.5) is 0 Å². The van der Waals surface area contributed by atoms with E-state index in [1.54, 1.807) is 21.8 Å². The molecule has 0 radical (unpaired) electrons. The van der Waals surface area contributed by atoms with Gasteiger partial charge in [-0.15, -0.1) is 22.7 Å². The fourth-order valence-electron chi connectivity index (χ4n) is 4.29. The Bertz CT molecular complexity index is 1650. The summed E-state index contributed by atoms with van der Waals surface area (Å²) in [5.41, 5.74) is 2.13. The van der Waals surface area contributed by atoms with Crippen molar-refractivity contribution >= 4 is 43.1 Å². The second-order valence-corrected chi connectivity index (χ2v) is 10.6. The van der Waals surface area contributed by atoms with Gasteiger partial charge in [0, 0.05) is 22.8 Å². The maximum absolute atomic E-state index is 13.0. The largest absolute Gasteiger partial charge is 0.299 e. The lowest BCUT2D eigenvalue weighted by atomic mass is 10.2. The van der Waals surface area contributed by atoms with Gasteiger partial charge in [0.2, 0.25) is 0 Å². The van der Waals surface area contributed by atoms with Crippen molar-refractivity contribution in [3.63, 3.8) is 0 Å². The third kappa shape index (κ3) is 4.29. The molecule has 0 fully saturated rings. The van der Waals surface area contributed by atoms with E-state index in [2.05, 4.69) is 9.97 Å². The monoisotopic (exact) mass is 510 g/mol. The van der Waals surface area contributed by atoms with E-state index < -0.39 is 0 Å². The molecule has 6 rings (SSSR count). The standard InChI is InChI=1S/C28H22N4O2S2/c33-27-21-15-23(19-9-3-1-4-10-19)35-25(21)29-17-31(27)13-7-8-14-32-18-30-26-22(28(32)34)16-24(36-26)20-11-5-2-6-12-20/h1-6,9-12,15-18H,7-8,13-14H2. The van der Waals surface area contributed by atoms with Gasteiger partial charge in [-0.05, 0) is 36.1 Å². The summed E-state index contributed by atoms with van der Waals surface area (Å²) in [5, 5.41) is 1.30. The average molecular weight is 511 g/mol. The van der Waals surface area contributed by atoms with Crippen molar-refractivity contribution in [1.82, 2.24) is 19.1 Å². The zero-order valence-electron chi connectivity index (χ0n) is 19.3. The summed E-state index contributed by atoms with van der Waals surface area (Å²) in [7, 11) is 0. The molecule has 0 aliphatic rings. The Morgan fingerprint density at radius 1 is 0.611 bits per heavy atom. The molecule has 0 aliphatic carbocycles. The van der Waals surface area contributed by atoms with Gasteiger partial charge in [-0.25, -0.2) is 9.97 Å². The summed E-state index contributed by atoms with van der Waals surface area (Å²) in [5.74, 6) is 0. The van der Waals surface area contributed by atoms with Gasteiger partial charge in [0.05, 0.1) is 23.4 Å². The number of benzene rings is 2. The molecule has 4 heterocycles. The topological polar surface area (TPSA) is 69.8 Å². The number of thiophene rings is 2. The molecule has 0 amide bonds. The molecule has 4 aromatic heterocycles. The van der Waals surface area contributed by atoms with Crippen LogP contribution in [0.15, 0.2) is 95.0 Å². The minimum absolute atomic E-state index is 0.0228. The summed E-state index contributed by atoms with van der Waals surface area (Å²) in [6.07, 6.45) is 4.77. The molecule has 36 heavy (non-hydrogen) atoms. The van der Waals surface area contributed by atoms with Gasteiger partial charge in [-0.3, -0.25) is 18.7 Å². The Balaban J connectivity index is 1.15. The zero-order valence-corrected chi connectivity index (χ0v) is 21.0. The van der Waals surface area contributed by atoms with E-state index in [0.717, 1.165) is 43.4 Å². The van der Waals surface area contributed by atoms with Crippen LogP contribution >= 0.6 is 22.7 Å². The summed E-state index contributed by atoms with van der Waals surface area (Å²) in [4.78, 5) is 38.7. The highest BCUT2D eigenvalue weighted by atomic mass is 32.1. The highest BCUT2D eigenvalue weighted by Gasteiger charge is 2.12. The van der Waals surface area contributed by atoms with Crippen LogP contribution in [-0.4, -0.2) is 19.1 Å². The first-order chi connectivity index (χ1) is 17.7. The molecule has 6 aromatic rings. The normalized spacial score (nSPS) is 11.4. The first kappa shape index (κ1) is 22.6. The molecule has 178 valence electrons. The summed E-state index contributed by atoms with van der Waals surface area (Å²) < 4.78 is 3.33. The molecular formula is C28H22N4O2S2. The van der Waals surface area contributed by atoms with Gasteiger partial charge < -0.3 is 0 Å². The molecular weight excluding hydrogens is 488 g/mol. The fraction of sp³-hybridized carbons (Fsp3) is 0.143. The maximum Gasteiger partial charge on any atom is 0.262 e. The SMILES string of the molecule is O=c1c2cc(-c3ccccc3)sc2ncn1CCCCn1cnc2sc(-c3ccccc3)cc2c1=O. The van der Waals surface area contributed by atoms with Crippen molar-refractivity contribution in [2.24, 2.45) is 0 Å². The van der Waals surface area contributed by atoms with Gasteiger partial charge in [-0.2, -0.15) is 0 Å². The van der Waals surface area contributed by atoms with E-state index in [9.17, 15) is 9.59 Å². The predicted octanol–water partition coefficient (Wildman–Crippen LogP) is 6.04. The predicted molar refractivity (Wildman–Crippen MR) is 148 cm³/mol. The van der Waals surface area contributed by atoms with Crippen LogP contribution in [0.2, 0.25) is 0 Å². The van der Waals surface area contributed by atoms with Gasteiger partial charge in [0.1, 0.15) is 9.66 Å². The fourth-order valence-corrected chi connectivity index (χ4v) is 6.28. The lowest BCUT2D eigenvalue weighted by Crippen LogP contribution is -2.22. The van der Waals surface area contributed by atoms with Crippen molar-refractivity contribution in [2.45, 2.75) is 25.9 Å². The number of hydrogen-bond acceptors (Lipinski definition) is 6. The molecule has 0 saturated carbocycles. The van der Waals surface area contributed by atoms with E-state index in [0.29, 0.717) is 23.9 Å². The minimum Gasteiger partial charge on any atom is -0.299 e. The van der Waals surface area contributed by atoms with Crippen LogP contribution in [0.3, 0.4) is 0 Å². The first-order valence-corrected chi connectivity index (χ1v) is 13.4. The number of rotatable bonds is 7. The Hall–Kier alpha value is -3.88. The van der Waals surface area contributed by atoms with E-state index in [-0.39, 0.29) is 11.1 Å². The highest BCUT2D eigenvalue weighted by Crippen LogP contribution is 2.31. The van der Waals surface area contributed by atoms with E-state index >= 15 is 0 Å². The van der Waals surface area contributed by atoms with Crippen LogP contribution in [-0.2, 0) is 13.1 Å². The van der Waals surface area contributed by atoms with Crippen LogP contribution in [0.25, 0.3) is 41.3 Å². The van der Waals surface area contributed by atoms with Crippen molar-refractivity contribution in [1.29, 1.82) is 0 Å². The minimum atomic E-state index is -0.0228. The smallest absolute Gasteiger partial charge is 0.262 e. The molecule has 0 unspecified atom stereocenters. The summed E-state index contributed by atoms with van der Waals surface area (Å²) in [6, 6.07) is 23.9. The molecule has 0 spiro atoms. The number of fused-ring (bicyclic) bond motifs is 2. The lowest BCUT2D eigenvalue weighted by Gasteiger charge is -2.07. The summed E-state index contributed by atoms with van der Waals surface area (Å²) in [6.45, 7) is 1.11. The van der Waals surface area contributed by atoms with Gasteiger partial charge in [-0.1, -0.05) is 60.7 Å². The molecule has 0 atom stereocenters. The number of hydrogen-bond donors (Lipinski definition) is 0. The highest BCUT2D eigenvalue weighted by molar-refractivity contribution is 7.22. The van der Waals surface area contributed by atoms with Crippen LogP contribution in [0.5, 0.6) is 0 Å². The first-order valence-electron chi connectivity index (χ1n) is 11.8. The van der Waals surface area contributed by atoms with E-state index in [1.807, 2.05) is 72.8 Å². The van der Waals surface area contributed by atoms with Crippen molar-refractivity contribution in [3.05, 3.63) is 106 Å². The van der Waals surface area contributed by atoms with Gasteiger partial charge in [0.15, 0.2) is 0 Å². The second kappa shape index (κ2) is 9.64. The second-order valence-electron chi connectivity index (χ2n) is 8.58. The Morgan fingerprint density at radius 2 is 1.03 bits per heavy atom. The molecule has 8 heteroatoms. The molecule has 0 saturated heterocycles. The van der Waals surface area contributed by atoms with Gasteiger partial charge >= 0.3 is 0 Å². The van der Waals surface area contributed by atoms with Crippen LogP contribution in [0, 0.1) is 0 Å². The quantitative estimate of drug-likeness (QED) is 0.245. The maximum atomic E-state index is 13.0. The molecule has 6 nitrogen and oxygen atoms in total. The third-order valence-corrected chi connectivity index (χ3v) is 8.39. The molecule has 0 aliphatic heterocycles. The number of unbranched alkanes of at least 4 members (excludes halogenated alkanes) is 1. The van der Waals surface area contributed by atoms with Crippen LogP contribution < -0.4 is 11.1 Å². The average Bonchev–Trinajstić information content (AvgIpc) is 3.56. The molecule has 0 N–H and O–H groups in total. The zero-order chi connectivity index (χ0) is 24.5. The Morgan fingerprint density at radius 3 is 1.44 bits per heavy atom. The van der Waals surface area contributed by atoms with Crippen molar-refractivity contribution in [2.75, 3.05) is 0 Å². The van der Waals surface area contributed by atoms with E-state index in [4.69, 9.17) is 0 Å². The number of aromatic nitrogens is 4. The number of nitrogens with zero attached hydrogens (tertiary/aromatic N) is 4. The molecule has 0 bridgehead atoms. The van der Waals surface area contributed by atoms with Crippen molar-refractivity contribution < 1.29 is 0 Å². The Labute approximate surface area is 214 Å². The van der Waals surface area contributed by atoms with E-state index in [1.165, 1.54) is 22.7 Å². The number of aryl methyl sites for hydroxylation is 2. The van der Waals surface area contributed by atoms with Crippen molar-refractivity contribution in [3.8, 4) is 20.9 Å². The lowest BCUT2D eigenvalue weighted by molar-refractivity contribution is 0.533. The van der Waals surface area contributed by atoms with Crippen LogP contribution in [0.1, 0.15) is 12.8 Å². The van der Waals surface area contributed by atoms with Gasteiger partial charge in [0.25, 0.3) is 11.1 Å².